The lowest BCUT2D eigenvalue weighted by Crippen LogP contribution is -2.46. The van der Waals surface area contributed by atoms with E-state index in [1.54, 1.807) is 12.2 Å². The molecule has 11 heteroatoms. The number of para-hydroxylation sites is 2. The summed E-state index contributed by atoms with van der Waals surface area (Å²) in [5.41, 5.74) is 0.964. The van der Waals surface area contributed by atoms with E-state index in [0.29, 0.717) is 12.4 Å². The Hall–Kier alpha value is -0.820. The first-order chi connectivity index (χ1) is 12.6. The SMILES string of the molecule is CCN1C(=CC=C2N=C(C(Cl)(Cl)Cl)NC(C(Cl)(Cl)Cl)=N2)Oc2ccccc21. The molecule has 0 saturated carbocycles. The molecule has 1 N–H and O–H groups in total. The van der Waals surface area contributed by atoms with Crippen LogP contribution in [-0.4, -0.2) is 25.8 Å². The van der Waals surface area contributed by atoms with E-state index in [1.807, 2.05) is 36.1 Å². The summed E-state index contributed by atoms with van der Waals surface area (Å²) in [6, 6.07) is 7.69. The molecule has 0 aliphatic carbocycles. The Morgan fingerprint density at radius 1 is 1.00 bits per heavy atom. The molecule has 0 bridgehead atoms. The fourth-order valence-corrected chi connectivity index (χ4v) is 2.95. The molecule has 5 nitrogen and oxygen atoms in total. The molecular formula is C16H12Cl6N4O. The summed E-state index contributed by atoms with van der Waals surface area (Å²) in [7, 11) is 0. The van der Waals surface area contributed by atoms with Crippen molar-refractivity contribution < 1.29 is 4.74 Å². The van der Waals surface area contributed by atoms with Crippen molar-refractivity contribution in [1.82, 2.24) is 5.32 Å². The van der Waals surface area contributed by atoms with Gasteiger partial charge in [-0.15, -0.1) is 0 Å². The Balaban J connectivity index is 1.97. The van der Waals surface area contributed by atoms with Gasteiger partial charge in [-0.2, -0.15) is 0 Å². The van der Waals surface area contributed by atoms with Gasteiger partial charge in [-0.05, 0) is 25.1 Å². The Kier molecular flexibility index (Phi) is 6.11. The van der Waals surface area contributed by atoms with Gasteiger partial charge in [-0.25, -0.2) is 9.98 Å². The fraction of sp³-hybridized carbons (Fsp3) is 0.250. The molecule has 1 aromatic rings. The minimum atomic E-state index is -1.85. The number of hydrogen-bond donors (Lipinski definition) is 1. The molecule has 0 saturated heterocycles. The third-order valence-corrected chi connectivity index (χ3v) is 4.63. The molecule has 2 aliphatic heterocycles. The molecule has 0 atom stereocenters. The molecule has 0 unspecified atom stereocenters. The monoisotopic (exact) mass is 486 g/mol. The van der Waals surface area contributed by atoms with Gasteiger partial charge in [0.25, 0.3) is 0 Å². The Bertz CT molecular complexity index is 834. The van der Waals surface area contributed by atoms with Gasteiger partial charge in [-0.3, -0.25) is 0 Å². The van der Waals surface area contributed by atoms with Crippen LogP contribution in [0.2, 0.25) is 0 Å². The summed E-state index contributed by atoms with van der Waals surface area (Å²) in [6.07, 6.45) is 3.28. The molecule has 2 heterocycles. The summed E-state index contributed by atoms with van der Waals surface area (Å²) in [4.78, 5) is 10.3. The van der Waals surface area contributed by atoms with Crippen molar-refractivity contribution in [3.8, 4) is 5.75 Å². The smallest absolute Gasteiger partial charge is 0.248 e. The van der Waals surface area contributed by atoms with Gasteiger partial charge in [0.2, 0.25) is 13.5 Å². The number of aliphatic imine (C=N–C) groups is 2. The van der Waals surface area contributed by atoms with Gasteiger partial charge < -0.3 is 15.0 Å². The fourth-order valence-electron chi connectivity index (χ4n) is 2.41. The second kappa shape index (κ2) is 7.90. The van der Waals surface area contributed by atoms with Crippen LogP contribution in [0.25, 0.3) is 0 Å². The van der Waals surface area contributed by atoms with Crippen LogP contribution in [0.3, 0.4) is 0 Å². The normalized spacial score (nSPS) is 18.6. The van der Waals surface area contributed by atoms with E-state index in [0.717, 1.165) is 11.4 Å². The first-order valence-electron chi connectivity index (χ1n) is 7.65. The number of allylic oxidation sites excluding steroid dienone is 2. The lowest BCUT2D eigenvalue weighted by Gasteiger charge is -2.24. The minimum Gasteiger partial charge on any atom is -0.439 e. The number of rotatable bonds is 2. The molecule has 27 heavy (non-hydrogen) atoms. The third kappa shape index (κ3) is 4.78. The van der Waals surface area contributed by atoms with Gasteiger partial charge in [0, 0.05) is 12.6 Å². The largest absolute Gasteiger partial charge is 0.439 e. The van der Waals surface area contributed by atoms with E-state index < -0.39 is 7.59 Å². The summed E-state index contributed by atoms with van der Waals surface area (Å²) in [5.74, 6) is 1.47. The molecule has 0 aromatic heterocycles. The number of nitrogens with zero attached hydrogens (tertiary/aromatic N) is 3. The molecule has 0 spiro atoms. The van der Waals surface area contributed by atoms with Crippen molar-refractivity contribution in [3.05, 3.63) is 48.1 Å². The maximum Gasteiger partial charge on any atom is 0.248 e. The zero-order chi connectivity index (χ0) is 19.8. The van der Waals surface area contributed by atoms with Crippen LogP contribution in [0.15, 0.2) is 58.1 Å². The van der Waals surface area contributed by atoms with Crippen LogP contribution in [0.4, 0.5) is 5.69 Å². The summed E-state index contributed by atoms with van der Waals surface area (Å²) in [5, 5.41) is 2.63. The highest BCUT2D eigenvalue weighted by molar-refractivity contribution is 6.79. The van der Waals surface area contributed by atoms with Gasteiger partial charge in [0.15, 0.2) is 23.2 Å². The first kappa shape index (κ1) is 20.9. The van der Waals surface area contributed by atoms with Crippen LogP contribution in [0.1, 0.15) is 6.92 Å². The molecule has 0 radical (unpaired) electrons. The quantitative estimate of drug-likeness (QED) is 0.541. The zero-order valence-electron chi connectivity index (χ0n) is 13.7. The van der Waals surface area contributed by atoms with Crippen molar-refractivity contribution >= 4 is 87.0 Å². The van der Waals surface area contributed by atoms with E-state index in [-0.39, 0.29) is 17.5 Å². The maximum atomic E-state index is 5.90. The molecule has 3 rings (SSSR count). The lowest BCUT2D eigenvalue weighted by atomic mass is 10.3. The van der Waals surface area contributed by atoms with Crippen LogP contribution < -0.4 is 15.0 Å². The molecule has 0 fully saturated rings. The maximum absolute atomic E-state index is 5.90. The van der Waals surface area contributed by atoms with Crippen molar-refractivity contribution in [2.75, 3.05) is 11.4 Å². The Morgan fingerprint density at radius 3 is 2.15 bits per heavy atom. The second-order valence-corrected chi connectivity index (χ2v) is 9.95. The van der Waals surface area contributed by atoms with E-state index in [1.165, 1.54) is 0 Å². The second-order valence-electron chi connectivity index (χ2n) is 5.39. The van der Waals surface area contributed by atoms with Crippen molar-refractivity contribution in [3.63, 3.8) is 0 Å². The average Bonchev–Trinajstić information content (AvgIpc) is 2.95. The van der Waals surface area contributed by atoms with Crippen molar-refractivity contribution in [2.24, 2.45) is 9.98 Å². The molecule has 2 aliphatic rings. The summed E-state index contributed by atoms with van der Waals surface area (Å²) >= 11 is 35.4. The predicted molar refractivity (Wildman–Crippen MR) is 115 cm³/mol. The van der Waals surface area contributed by atoms with E-state index in [9.17, 15) is 0 Å². The Morgan fingerprint density at radius 2 is 1.59 bits per heavy atom. The molecular weight excluding hydrogens is 477 g/mol. The third-order valence-electron chi connectivity index (χ3n) is 3.55. The number of anilines is 1. The van der Waals surface area contributed by atoms with E-state index in [2.05, 4.69) is 15.3 Å². The number of alkyl halides is 6. The number of amidine groups is 2. The number of benzene rings is 1. The first-order valence-corrected chi connectivity index (χ1v) is 9.91. The number of nitrogens with one attached hydrogen (secondary N) is 1. The van der Waals surface area contributed by atoms with E-state index in [4.69, 9.17) is 74.3 Å². The van der Waals surface area contributed by atoms with Crippen molar-refractivity contribution in [2.45, 2.75) is 14.5 Å². The lowest BCUT2D eigenvalue weighted by molar-refractivity contribution is 0.440. The van der Waals surface area contributed by atoms with Gasteiger partial charge >= 0.3 is 0 Å². The number of halogens is 6. The number of fused-ring (bicyclic) bond motifs is 1. The van der Waals surface area contributed by atoms with Crippen LogP contribution >= 0.6 is 69.6 Å². The van der Waals surface area contributed by atoms with Gasteiger partial charge in [0.05, 0.1) is 5.69 Å². The van der Waals surface area contributed by atoms with Crippen LogP contribution in [0.5, 0.6) is 5.75 Å². The van der Waals surface area contributed by atoms with Gasteiger partial charge in [0.1, 0.15) is 0 Å². The average molecular weight is 489 g/mol. The minimum absolute atomic E-state index is 0.0311. The summed E-state index contributed by atoms with van der Waals surface area (Å²) < 4.78 is 2.17. The van der Waals surface area contributed by atoms with Crippen LogP contribution in [-0.2, 0) is 0 Å². The standard InChI is InChI=1S/C16H12Cl6N4O/c1-2-26-9-5-3-4-6-10(9)27-12(26)8-7-11-23-13(15(17,18)19)25-14(24-11)16(20,21)22/h3-8H,2H2,1H3,(H,23,24,25). The topological polar surface area (TPSA) is 49.2 Å². The van der Waals surface area contributed by atoms with Crippen LogP contribution in [0, 0.1) is 0 Å². The number of ether oxygens (including phenoxy) is 1. The Labute approximate surface area is 186 Å². The zero-order valence-corrected chi connectivity index (χ0v) is 18.2. The summed E-state index contributed by atoms with van der Waals surface area (Å²) in [6.45, 7) is 2.72. The molecule has 144 valence electrons. The van der Waals surface area contributed by atoms with Gasteiger partial charge in [-0.1, -0.05) is 81.7 Å². The van der Waals surface area contributed by atoms with Crippen molar-refractivity contribution in [1.29, 1.82) is 0 Å². The molecule has 1 aromatic carbocycles. The highest BCUT2D eigenvalue weighted by Gasteiger charge is 2.37. The highest BCUT2D eigenvalue weighted by Crippen LogP contribution is 2.38. The number of hydrogen-bond acceptors (Lipinski definition) is 5. The van der Waals surface area contributed by atoms with E-state index >= 15 is 0 Å². The predicted octanol–water partition coefficient (Wildman–Crippen LogP) is 5.73. The highest BCUT2D eigenvalue weighted by atomic mass is 35.6. The molecule has 0 amide bonds.